The number of halogens is 1. The van der Waals surface area contributed by atoms with E-state index in [1.165, 1.54) is 12.1 Å². The summed E-state index contributed by atoms with van der Waals surface area (Å²) in [5.74, 6) is -0.610. The van der Waals surface area contributed by atoms with Gasteiger partial charge in [-0.05, 0) is 18.1 Å². The Morgan fingerprint density at radius 3 is 2.71 bits per heavy atom. The molecule has 0 aliphatic carbocycles. The minimum Gasteiger partial charge on any atom is -0.423 e. The number of hydrogen-bond acceptors (Lipinski definition) is 3. The van der Waals surface area contributed by atoms with Crippen molar-refractivity contribution in [3.05, 3.63) is 29.6 Å². The largest absolute Gasteiger partial charge is 0.491 e. The first-order chi connectivity index (χ1) is 6.65. The van der Waals surface area contributed by atoms with Crippen molar-refractivity contribution >= 4 is 12.6 Å². The molecule has 0 saturated heterocycles. The van der Waals surface area contributed by atoms with E-state index in [9.17, 15) is 4.39 Å². The van der Waals surface area contributed by atoms with Gasteiger partial charge in [0, 0.05) is 12.6 Å². The molecule has 0 atom stereocenters. The lowest BCUT2D eigenvalue weighted by atomic mass is 9.79. The number of ether oxygens (including phenoxy) is 1. The predicted molar refractivity (Wildman–Crippen MR) is 51.8 cm³/mol. The predicted octanol–water partition coefficient (Wildman–Crippen LogP) is -0.306. The molecule has 1 aromatic rings. The van der Waals surface area contributed by atoms with Crippen molar-refractivity contribution in [1.29, 1.82) is 0 Å². The molecule has 0 aliphatic heterocycles. The second kappa shape index (κ2) is 5.09. The van der Waals surface area contributed by atoms with Crippen LogP contribution >= 0.6 is 0 Å². The van der Waals surface area contributed by atoms with Gasteiger partial charge < -0.3 is 14.8 Å². The summed E-state index contributed by atoms with van der Waals surface area (Å²) < 4.78 is 17.8. The third-order valence-corrected chi connectivity index (χ3v) is 1.93. The molecule has 0 spiro atoms. The molecule has 0 fully saturated rings. The Morgan fingerprint density at radius 1 is 1.43 bits per heavy atom. The number of methoxy groups -OCH3 is 1. The minimum atomic E-state index is -1.77. The van der Waals surface area contributed by atoms with Crippen molar-refractivity contribution < 1.29 is 19.2 Å². The number of hydrogen-bond donors (Lipinski definition) is 2. The van der Waals surface area contributed by atoms with Gasteiger partial charge in [0.1, 0.15) is 5.82 Å². The van der Waals surface area contributed by atoms with Gasteiger partial charge in [-0.3, -0.25) is 0 Å². The monoisotopic (exact) mass is 198 g/mol. The Bertz CT molecular complexity index is 304. The molecule has 3 nitrogen and oxygen atoms in total. The standard InChI is InChI=1S/C9H12BFO3/c1-14-5-4-7-2-3-9(11)8(6-7)10(12)13/h2-3,6,12-13H,4-5H2,1H3. The average Bonchev–Trinajstić information content (AvgIpc) is 2.16. The highest BCUT2D eigenvalue weighted by Gasteiger charge is 2.16. The molecule has 1 rings (SSSR count). The molecule has 14 heavy (non-hydrogen) atoms. The summed E-state index contributed by atoms with van der Waals surface area (Å²) in [6, 6.07) is 4.25. The summed E-state index contributed by atoms with van der Waals surface area (Å²) in [6.45, 7) is 0.520. The highest BCUT2D eigenvalue weighted by molar-refractivity contribution is 6.58. The zero-order valence-electron chi connectivity index (χ0n) is 7.90. The summed E-state index contributed by atoms with van der Waals surface area (Å²) in [6.07, 6.45) is 0.622. The maximum atomic E-state index is 13.0. The molecule has 0 bridgehead atoms. The van der Waals surface area contributed by atoms with Crippen LogP contribution in [0.3, 0.4) is 0 Å². The van der Waals surface area contributed by atoms with Crippen molar-refractivity contribution in [2.45, 2.75) is 6.42 Å². The average molecular weight is 198 g/mol. The van der Waals surface area contributed by atoms with Crippen LogP contribution < -0.4 is 5.46 Å². The maximum Gasteiger partial charge on any atom is 0.491 e. The van der Waals surface area contributed by atoms with E-state index in [-0.39, 0.29) is 5.46 Å². The summed E-state index contributed by atoms with van der Waals surface area (Å²) >= 11 is 0. The lowest BCUT2D eigenvalue weighted by Gasteiger charge is -2.05. The van der Waals surface area contributed by atoms with Crippen LogP contribution in [-0.4, -0.2) is 30.9 Å². The van der Waals surface area contributed by atoms with Crippen LogP contribution in [0.2, 0.25) is 0 Å². The van der Waals surface area contributed by atoms with Crippen molar-refractivity contribution in [2.75, 3.05) is 13.7 Å². The van der Waals surface area contributed by atoms with Crippen LogP contribution in [0.5, 0.6) is 0 Å². The number of benzene rings is 1. The third-order valence-electron chi connectivity index (χ3n) is 1.93. The van der Waals surface area contributed by atoms with Gasteiger partial charge in [0.05, 0.1) is 6.61 Å². The first-order valence-corrected chi connectivity index (χ1v) is 4.28. The van der Waals surface area contributed by atoms with E-state index in [2.05, 4.69) is 0 Å². The molecule has 5 heteroatoms. The van der Waals surface area contributed by atoms with E-state index in [0.717, 1.165) is 5.56 Å². The minimum absolute atomic E-state index is 0.0985. The Hall–Kier alpha value is -0.905. The highest BCUT2D eigenvalue weighted by Crippen LogP contribution is 2.02. The molecule has 0 amide bonds. The van der Waals surface area contributed by atoms with E-state index < -0.39 is 12.9 Å². The quantitative estimate of drug-likeness (QED) is 0.652. The molecule has 0 aromatic heterocycles. The van der Waals surface area contributed by atoms with E-state index >= 15 is 0 Å². The fourth-order valence-corrected chi connectivity index (χ4v) is 1.17. The fourth-order valence-electron chi connectivity index (χ4n) is 1.17. The van der Waals surface area contributed by atoms with Crippen LogP contribution in [0.1, 0.15) is 5.56 Å². The topological polar surface area (TPSA) is 49.7 Å². The second-order valence-electron chi connectivity index (χ2n) is 2.97. The molecule has 0 heterocycles. The zero-order chi connectivity index (χ0) is 10.6. The van der Waals surface area contributed by atoms with E-state index in [1.807, 2.05) is 0 Å². The normalized spacial score (nSPS) is 10.3. The Labute approximate surface area is 82.3 Å². The molecular weight excluding hydrogens is 186 g/mol. The first kappa shape index (κ1) is 11.2. The van der Waals surface area contributed by atoms with E-state index in [1.54, 1.807) is 13.2 Å². The summed E-state index contributed by atoms with van der Waals surface area (Å²) in [5, 5.41) is 17.7. The summed E-state index contributed by atoms with van der Waals surface area (Å²) in [7, 11) is -0.191. The second-order valence-corrected chi connectivity index (χ2v) is 2.97. The maximum absolute atomic E-state index is 13.0. The number of rotatable bonds is 4. The fraction of sp³-hybridized carbons (Fsp3) is 0.333. The van der Waals surface area contributed by atoms with Crippen LogP contribution in [0, 0.1) is 5.82 Å². The molecule has 0 aliphatic rings. The zero-order valence-corrected chi connectivity index (χ0v) is 7.90. The van der Waals surface area contributed by atoms with Crippen molar-refractivity contribution in [1.82, 2.24) is 0 Å². The van der Waals surface area contributed by atoms with Crippen LogP contribution in [0.15, 0.2) is 18.2 Å². The van der Waals surface area contributed by atoms with Gasteiger partial charge in [-0.25, -0.2) is 4.39 Å². The van der Waals surface area contributed by atoms with Gasteiger partial charge in [0.2, 0.25) is 0 Å². The van der Waals surface area contributed by atoms with Gasteiger partial charge in [-0.1, -0.05) is 12.1 Å². The molecule has 0 unspecified atom stereocenters. The van der Waals surface area contributed by atoms with Gasteiger partial charge in [-0.15, -0.1) is 0 Å². The van der Waals surface area contributed by atoms with E-state index in [4.69, 9.17) is 14.8 Å². The summed E-state index contributed by atoms with van der Waals surface area (Å²) in [4.78, 5) is 0. The Balaban J connectivity index is 2.83. The lowest BCUT2D eigenvalue weighted by molar-refractivity contribution is 0.202. The molecule has 0 saturated carbocycles. The van der Waals surface area contributed by atoms with Crippen LogP contribution in [-0.2, 0) is 11.2 Å². The van der Waals surface area contributed by atoms with Crippen LogP contribution in [0.25, 0.3) is 0 Å². The molecular formula is C9H12BFO3. The molecule has 2 N–H and O–H groups in total. The Morgan fingerprint density at radius 2 is 2.14 bits per heavy atom. The SMILES string of the molecule is COCCc1ccc(F)c(B(O)O)c1. The van der Waals surface area contributed by atoms with Gasteiger partial charge in [0.15, 0.2) is 0 Å². The smallest absolute Gasteiger partial charge is 0.423 e. The van der Waals surface area contributed by atoms with Gasteiger partial charge in [0.25, 0.3) is 0 Å². The molecule has 0 radical (unpaired) electrons. The Kier molecular flexibility index (Phi) is 4.07. The highest BCUT2D eigenvalue weighted by atomic mass is 19.1. The molecule has 1 aromatic carbocycles. The van der Waals surface area contributed by atoms with Crippen molar-refractivity contribution in [2.24, 2.45) is 0 Å². The first-order valence-electron chi connectivity index (χ1n) is 4.28. The van der Waals surface area contributed by atoms with Crippen molar-refractivity contribution in [3.8, 4) is 0 Å². The third kappa shape index (κ3) is 2.80. The van der Waals surface area contributed by atoms with Crippen molar-refractivity contribution in [3.63, 3.8) is 0 Å². The van der Waals surface area contributed by atoms with Crippen LogP contribution in [0.4, 0.5) is 4.39 Å². The lowest BCUT2D eigenvalue weighted by Crippen LogP contribution is -2.33. The van der Waals surface area contributed by atoms with Gasteiger partial charge in [-0.2, -0.15) is 0 Å². The van der Waals surface area contributed by atoms with E-state index in [0.29, 0.717) is 13.0 Å². The molecule has 76 valence electrons. The van der Waals surface area contributed by atoms with Gasteiger partial charge >= 0.3 is 7.12 Å². The summed E-state index contributed by atoms with van der Waals surface area (Å²) in [5.41, 5.74) is 0.718.